The van der Waals surface area contributed by atoms with Gasteiger partial charge in [0.1, 0.15) is 6.61 Å². The molecule has 0 heterocycles. The van der Waals surface area contributed by atoms with Crippen LogP contribution in [0.15, 0.2) is 23.1 Å². The van der Waals surface area contributed by atoms with Gasteiger partial charge in [-0.3, -0.25) is 0 Å². The maximum atomic E-state index is 12.2. The Bertz CT molecular complexity index is 547. The van der Waals surface area contributed by atoms with E-state index in [9.17, 15) is 17.2 Å². The van der Waals surface area contributed by atoms with E-state index >= 15 is 0 Å². The number of rotatable bonds is 7. The number of ether oxygens (including phenoxy) is 1. The van der Waals surface area contributed by atoms with Gasteiger partial charge in [0.05, 0.1) is 11.5 Å². The number of hydrogen-bond donors (Lipinski definition) is 0. The van der Waals surface area contributed by atoms with E-state index < -0.39 is 23.1 Å². The summed E-state index contributed by atoms with van der Waals surface area (Å²) < 4.78 is 54.0. The van der Waals surface area contributed by atoms with E-state index in [1.54, 1.807) is 12.1 Å². The van der Waals surface area contributed by atoms with E-state index in [1.807, 2.05) is 13.8 Å². The molecule has 0 radical (unpaired) electrons. The summed E-state index contributed by atoms with van der Waals surface area (Å²) in [6.07, 6.45) is -2.54. The van der Waals surface area contributed by atoms with E-state index in [-0.39, 0.29) is 18.0 Å². The molecular formula is C13H19F2NO3S. The monoisotopic (exact) mass is 307 g/mol. The highest BCUT2D eigenvalue weighted by molar-refractivity contribution is 7.89. The molecule has 1 rings (SSSR count). The van der Waals surface area contributed by atoms with E-state index in [0.717, 1.165) is 15.4 Å². The van der Waals surface area contributed by atoms with Crippen molar-refractivity contribution in [1.29, 1.82) is 0 Å². The lowest BCUT2D eigenvalue weighted by Gasteiger charge is -2.17. The standard InChI is InChI=1S/C13H19F2NO3S/c1-10-4-5-12(8-11(10)2)20(17,18)16(3)6-7-19-9-13(14)15/h4-5,8,13H,6-7,9H2,1-3H3. The fourth-order valence-electron chi connectivity index (χ4n) is 1.54. The minimum absolute atomic E-state index is 0.0297. The van der Waals surface area contributed by atoms with Crippen LogP contribution in [-0.4, -0.2) is 46.0 Å². The Labute approximate surface area is 118 Å². The van der Waals surface area contributed by atoms with Crippen molar-refractivity contribution in [3.8, 4) is 0 Å². The van der Waals surface area contributed by atoms with E-state index in [1.165, 1.54) is 13.1 Å². The highest BCUT2D eigenvalue weighted by Crippen LogP contribution is 2.17. The number of halogens is 2. The van der Waals surface area contributed by atoms with Crippen LogP contribution >= 0.6 is 0 Å². The first-order chi connectivity index (χ1) is 9.25. The lowest BCUT2D eigenvalue weighted by molar-refractivity contribution is 0.0157. The molecule has 1 aromatic rings. The van der Waals surface area contributed by atoms with Crippen molar-refractivity contribution in [2.45, 2.75) is 25.2 Å². The number of likely N-dealkylation sites (N-methyl/N-ethyl adjacent to an activating group) is 1. The van der Waals surface area contributed by atoms with Crippen LogP contribution in [0.2, 0.25) is 0 Å². The van der Waals surface area contributed by atoms with Crippen LogP contribution in [0.4, 0.5) is 8.78 Å². The van der Waals surface area contributed by atoms with Gasteiger partial charge in [-0.05, 0) is 37.1 Å². The van der Waals surface area contributed by atoms with Crippen molar-refractivity contribution in [3.05, 3.63) is 29.3 Å². The fourth-order valence-corrected chi connectivity index (χ4v) is 2.78. The molecule has 0 aliphatic rings. The molecule has 7 heteroatoms. The van der Waals surface area contributed by atoms with Crippen LogP contribution in [0.25, 0.3) is 0 Å². The minimum Gasteiger partial charge on any atom is -0.374 e. The highest BCUT2D eigenvalue weighted by Gasteiger charge is 2.20. The summed E-state index contributed by atoms with van der Waals surface area (Å²) in [5.74, 6) is 0. The van der Waals surface area contributed by atoms with Gasteiger partial charge in [0.15, 0.2) is 0 Å². The molecule has 0 aliphatic carbocycles. The molecule has 4 nitrogen and oxygen atoms in total. The van der Waals surface area contributed by atoms with Gasteiger partial charge >= 0.3 is 0 Å². The largest absolute Gasteiger partial charge is 0.374 e. The van der Waals surface area contributed by atoms with Gasteiger partial charge in [-0.15, -0.1) is 0 Å². The van der Waals surface area contributed by atoms with Gasteiger partial charge in [-0.2, -0.15) is 4.31 Å². The van der Waals surface area contributed by atoms with Crippen LogP contribution in [0.5, 0.6) is 0 Å². The number of alkyl halides is 2. The molecule has 0 aliphatic heterocycles. The third-order valence-corrected chi connectivity index (χ3v) is 4.83. The van der Waals surface area contributed by atoms with Gasteiger partial charge < -0.3 is 4.74 Å². The molecule has 114 valence electrons. The first kappa shape index (κ1) is 17.0. The van der Waals surface area contributed by atoms with E-state index in [2.05, 4.69) is 4.74 Å². The summed E-state index contributed by atoms with van der Waals surface area (Å²) in [5.41, 5.74) is 1.89. The Morgan fingerprint density at radius 3 is 2.45 bits per heavy atom. The Morgan fingerprint density at radius 2 is 1.90 bits per heavy atom. The predicted molar refractivity (Wildman–Crippen MR) is 72.6 cm³/mol. The SMILES string of the molecule is Cc1ccc(S(=O)(=O)N(C)CCOCC(F)F)cc1C. The van der Waals surface area contributed by atoms with Crippen molar-refractivity contribution >= 4 is 10.0 Å². The number of sulfonamides is 1. The maximum absolute atomic E-state index is 12.2. The van der Waals surface area contributed by atoms with Gasteiger partial charge in [0.2, 0.25) is 10.0 Å². The van der Waals surface area contributed by atoms with Crippen molar-refractivity contribution in [2.24, 2.45) is 0 Å². The molecule has 20 heavy (non-hydrogen) atoms. The average molecular weight is 307 g/mol. The second kappa shape index (κ2) is 7.10. The van der Waals surface area contributed by atoms with Crippen LogP contribution < -0.4 is 0 Å². The Hall–Kier alpha value is -1.05. The summed E-state index contributed by atoms with van der Waals surface area (Å²) in [4.78, 5) is 0.192. The van der Waals surface area contributed by atoms with Crippen molar-refractivity contribution in [2.75, 3.05) is 26.8 Å². The zero-order valence-electron chi connectivity index (χ0n) is 11.8. The molecule has 0 amide bonds. The summed E-state index contributed by atoms with van der Waals surface area (Å²) >= 11 is 0. The topological polar surface area (TPSA) is 46.6 Å². The fraction of sp³-hybridized carbons (Fsp3) is 0.538. The maximum Gasteiger partial charge on any atom is 0.261 e. The van der Waals surface area contributed by atoms with E-state index in [4.69, 9.17) is 0 Å². The molecule has 0 spiro atoms. The summed E-state index contributed by atoms with van der Waals surface area (Å²) in [7, 11) is -2.21. The predicted octanol–water partition coefficient (Wildman–Crippen LogP) is 2.21. The van der Waals surface area contributed by atoms with Crippen LogP contribution in [0.3, 0.4) is 0 Å². The first-order valence-electron chi connectivity index (χ1n) is 6.14. The smallest absolute Gasteiger partial charge is 0.261 e. The summed E-state index contributed by atoms with van der Waals surface area (Å²) in [6, 6.07) is 4.87. The molecule has 0 unspecified atom stereocenters. The molecule has 0 N–H and O–H groups in total. The minimum atomic E-state index is -3.61. The Balaban J connectivity index is 2.69. The van der Waals surface area contributed by atoms with E-state index in [0.29, 0.717) is 0 Å². The number of nitrogens with zero attached hydrogens (tertiary/aromatic N) is 1. The van der Waals surface area contributed by atoms with Gasteiger partial charge in [-0.1, -0.05) is 6.07 Å². The zero-order valence-corrected chi connectivity index (χ0v) is 12.6. The highest BCUT2D eigenvalue weighted by atomic mass is 32.2. The number of aryl methyl sites for hydroxylation is 2. The molecular weight excluding hydrogens is 288 g/mol. The normalized spacial score (nSPS) is 12.3. The zero-order chi connectivity index (χ0) is 15.3. The third kappa shape index (κ3) is 4.50. The van der Waals surface area contributed by atoms with Crippen LogP contribution in [0.1, 0.15) is 11.1 Å². The van der Waals surface area contributed by atoms with Gasteiger partial charge in [-0.25, -0.2) is 17.2 Å². The number of hydrogen-bond acceptors (Lipinski definition) is 3. The van der Waals surface area contributed by atoms with Crippen LogP contribution in [0, 0.1) is 13.8 Å². The van der Waals surface area contributed by atoms with Crippen molar-refractivity contribution < 1.29 is 21.9 Å². The Morgan fingerprint density at radius 1 is 1.25 bits per heavy atom. The second-order valence-electron chi connectivity index (χ2n) is 4.54. The van der Waals surface area contributed by atoms with Crippen LogP contribution in [-0.2, 0) is 14.8 Å². The number of benzene rings is 1. The third-order valence-electron chi connectivity index (χ3n) is 2.98. The Kier molecular flexibility index (Phi) is 6.04. The molecule has 0 bridgehead atoms. The lowest BCUT2D eigenvalue weighted by atomic mass is 10.1. The first-order valence-corrected chi connectivity index (χ1v) is 7.58. The molecule has 0 aromatic heterocycles. The van der Waals surface area contributed by atoms with Crippen molar-refractivity contribution in [3.63, 3.8) is 0 Å². The van der Waals surface area contributed by atoms with Gasteiger partial charge in [0.25, 0.3) is 6.43 Å². The molecule has 0 saturated heterocycles. The van der Waals surface area contributed by atoms with Gasteiger partial charge in [0, 0.05) is 13.6 Å². The lowest BCUT2D eigenvalue weighted by Crippen LogP contribution is -2.30. The molecule has 0 saturated carbocycles. The molecule has 0 fully saturated rings. The summed E-state index contributed by atoms with van der Waals surface area (Å²) in [5, 5.41) is 0. The second-order valence-corrected chi connectivity index (χ2v) is 6.58. The quantitative estimate of drug-likeness (QED) is 0.726. The average Bonchev–Trinajstić information content (AvgIpc) is 2.37. The molecule has 0 atom stereocenters. The summed E-state index contributed by atoms with van der Waals surface area (Å²) in [6.45, 7) is 3.01. The molecule has 1 aromatic carbocycles. The van der Waals surface area contributed by atoms with Crippen molar-refractivity contribution in [1.82, 2.24) is 4.31 Å².